The Hall–Kier alpha value is -0.650. The van der Waals surface area contributed by atoms with E-state index in [1.807, 2.05) is 6.92 Å². The summed E-state index contributed by atoms with van der Waals surface area (Å²) in [5.74, 6) is -0.279. The molecule has 1 heterocycles. The number of hydrogen-bond donors (Lipinski definition) is 1. The molecule has 0 radical (unpaired) electrons. The lowest BCUT2D eigenvalue weighted by Gasteiger charge is -2.35. The summed E-state index contributed by atoms with van der Waals surface area (Å²) in [6.07, 6.45) is 4.43. The van der Waals surface area contributed by atoms with E-state index in [0.29, 0.717) is 13.0 Å². The van der Waals surface area contributed by atoms with Gasteiger partial charge in [0.25, 0.3) is 0 Å². The maximum Gasteiger partial charge on any atom is 0.325 e. The van der Waals surface area contributed by atoms with Crippen LogP contribution in [-0.4, -0.2) is 66.7 Å². The van der Waals surface area contributed by atoms with Crippen LogP contribution in [0.1, 0.15) is 39.5 Å². The lowest BCUT2D eigenvalue weighted by atomic mass is 9.97. The van der Waals surface area contributed by atoms with Gasteiger partial charge in [0.2, 0.25) is 0 Å². The standard InChI is InChI=1S/C15H29N3O2/c1-3-20-14(19)15(2,16)7-4-8-17-9-11-18(12-10-17)13-5-6-13/h13H,3-12,16H2,1-2H3. The van der Waals surface area contributed by atoms with Gasteiger partial charge >= 0.3 is 5.97 Å². The van der Waals surface area contributed by atoms with E-state index >= 15 is 0 Å². The molecule has 5 heteroatoms. The second kappa shape index (κ2) is 6.87. The third-order valence-corrected chi connectivity index (χ3v) is 4.38. The number of hydrogen-bond acceptors (Lipinski definition) is 5. The molecule has 0 aromatic heterocycles. The largest absolute Gasteiger partial charge is 0.465 e. The maximum absolute atomic E-state index is 11.7. The number of carbonyl (C=O) groups is 1. The Labute approximate surface area is 122 Å². The first-order valence-electron chi connectivity index (χ1n) is 7.95. The van der Waals surface area contributed by atoms with Gasteiger partial charge in [-0.15, -0.1) is 0 Å². The number of nitrogens with two attached hydrogens (primary N) is 1. The molecule has 1 aliphatic heterocycles. The van der Waals surface area contributed by atoms with Crippen LogP contribution in [0.4, 0.5) is 0 Å². The number of piperazine rings is 1. The second-order valence-electron chi connectivity index (χ2n) is 6.35. The molecule has 1 saturated carbocycles. The summed E-state index contributed by atoms with van der Waals surface area (Å²) in [6.45, 7) is 9.71. The third-order valence-electron chi connectivity index (χ3n) is 4.38. The summed E-state index contributed by atoms with van der Waals surface area (Å²) in [4.78, 5) is 16.8. The lowest BCUT2D eigenvalue weighted by Crippen LogP contribution is -2.49. The van der Waals surface area contributed by atoms with E-state index in [1.165, 1.54) is 25.9 Å². The lowest BCUT2D eigenvalue weighted by molar-refractivity contribution is -0.149. The SMILES string of the molecule is CCOC(=O)C(C)(N)CCCN1CCN(C2CC2)CC1. The minimum atomic E-state index is -0.841. The molecule has 5 nitrogen and oxygen atoms in total. The number of ether oxygens (including phenoxy) is 1. The van der Waals surface area contributed by atoms with Gasteiger partial charge in [-0.1, -0.05) is 0 Å². The smallest absolute Gasteiger partial charge is 0.325 e. The maximum atomic E-state index is 11.7. The monoisotopic (exact) mass is 283 g/mol. The minimum absolute atomic E-state index is 0.279. The zero-order valence-corrected chi connectivity index (χ0v) is 12.9. The fourth-order valence-corrected chi connectivity index (χ4v) is 2.86. The van der Waals surface area contributed by atoms with Gasteiger partial charge < -0.3 is 15.4 Å². The van der Waals surface area contributed by atoms with Gasteiger partial charge in [-0.25, -0.2) is 0 Å². The van der Waals surface area contributed by atoms with Crippen LogP contribution in [0.25, 0.3) is 0 Å². The summed E-state index contributed by atoms with van der Waals surface area (Å²) in [5.41, 5.74) is 5.19. The van der Waals surface area contributed by atoms with Crippen LogP contribution in [-0.2, 0) is 9.53 Å². The molecule has 0 spiro atoms. The molecule has 0 bridgehead atoms. The molecule has 1 atom stereocenters. The van der Waals surface area contributed by atoms with E-state index in [9.17, 15) is 4.79 Å². The van der Waals surface area contributed by atoms with Gasteiger partial charge in [0, 0.05) is 32.2 Å². The summed E-state index contributed by atoms with van der Waals surface area (Å²) in [5, 5.41) is 0. The molecule has 0 amide bonds. The number of carbonyl (C=O) groups excluding carboxylic acids is 1. The number of nitrogens with zero attached hydrogens (tertiary/aromatic N) is 2. The van der Waals surface area contributed by atoms with Gasteiger partial charge in [-0.3, -0.25) is 9.69 Å². The van der Waals surface area contributed by atoms with Crippen LogP contribution in [0.5, 0.6) is 0 Å². The Kier molecular flexibility index (Phi) is 5.41. The fourth-order valence-electron chi connectivity index (χ4n) is 2.86. The highest BCUT2D eigenvalue weighted by Gasteiger charge is 2.32. The molecule has 20 heavy (non-hydrogen) atoms. The van der Waals surface area contributed by atoms with Crippen molar-refractivity contribution in [1.82, 2.24) is 9.80 Å². The van der Waals surface area contributed by atoms with Crippen molar-refractivity contribution in [1.29, 1.82) is 0 Å². The Balaban J connectivity index is 1.62. The molecule has 2 rings (SSSR count). The highest BCUT2D eigenvalue weighted by Crippen LogP contribution is 2.27. The topological polar surface area (TPSA) is 58.8 Å². The first kappa shape index (κ1) is 15.7. The van der Waals surface area contributed by atoms with E-state index < -0.39 is 5.54 Å². The predicted molar refractivity (Wildman–Crippen MR) is 79.5 cm³/mol. The summed E-state index contributed by atoms with van der Waals surface area (Å²) >= 11 is 0. The Morgan fingerprint density at radius 3 is 2.50 bits per heavy atom. The van der Waals surface area contributed by atoms with Crippen LogP contribution in [0, 0.1) is 0 Å². The van der Waals surface area contributed by atoms with Gasteiger partial charge in [-0.05, 0) is 46.1 Å². The summed E-state index contributed by atoms with van der Waals surface area (Å²) in [6, 6.07) is 0.883. The van der Waals surface area contributed by atoms with Gasteiger partial charge in [0.15, 0.2) is 0 Å². The van der Waals surface area contributed by atoms with Crippen molar-refractivity contribution in [3.8, 4) is 0 Å². The van der Waals surface area contributed by atoms with E-state index in [2.05, 4.69) is 9.80 Å². The molecule has 1 unspecified atom stereocenters. The normalized spacial score (nSPS) is 24.4. The van der Waals surface area contributed by atoms with E-state index in [-0.39, 0.29) is 5.97 Å². The average Bonchev–Trinajstić information content (AvgIpc) is 3.24. The first-order valence-corrected chi connectivity index (χ1v) is 7.95. The zero-order chi connectivity index (χ0) is 14.6. The van der Waals surface area contributed by atoms with Gasteiger partial charge in [-0.2, -0.15) is 0 Å². The third kappa shape index (κ3) is 4.43. The Bertz CT molecular complexity index is 321. The summed E-state index contributed by atoms with van der Waals surface area (Å²) in [7, 11) is 0. The van der Waals surface area contributed by atoms with Crippen LogP contribution in [0.2, 0.25) is 0 Å². The van der Waals surface area contributed by atoms with Gasteiger partial charge in [0.05, 0.1) is 6.61 Å². The first-order chi connectivity index (χ1) is 9.53. The molecule has 2 aliphatic rings. The average molecular weight is 283 g/mol. The van der Waals surface area contributed by atoms with Crippen molar-refractivity contribution in [2.75, 3.05) is 39.3 Å². The molecular formula is C15H29N3O2. The highest BCUT2D eigenvalue weighted by atomic mass is 16.5. The van der Waals surface area contributed by atoms with Crippen molar-refractivity contribution >= 4 is 5.97 Å². The molecule has 1 aliphatic carbocycles. The molecule has 0 aromatic rings. The second-order valence-corrected chi connectivity index (χ2v) is 6.35. The summed E-state index contributed by atoms with van der Waals surface area (Å²) < 4.78 is 5.01. The highest BCUT2D eigenvalue weighted by molar-refractivity contribution is 5.79. The van der Waals surface area contributed by atoms with Crippen LogP contribution in [0.3, 0.4) is 0 Å². The van der Waals surface area contributed by atoms with Crippen molar-refractivity contribution in [3.63, 3.8) is 0 Å². The fraction of sp³-hybridized carbons (Fsp3) is 0.933. The quantitative estimate of drug-likeness (QED) is 0.701. The van der Waals surface area contributed by atoms with Gasteiger partial charge in [0.1, 0.15) is 5.54 Å². The van der Waals surface area contributed by atoms with Crippen LogP contribution < -0.4 is 5.73 Å². The molecule has 2 fully saturated rings. The van der Waals surface area contributed by atoms with Crippen molar-refractivity contribution in [2.24, 2.45) is 5.73 Å². The Morgan fingerprint density at radius 1 is 1.30 bits per heavy atom. The predicted octanol–water partition coefficient (Wildman–Crippen LogP) is 0.827. The van der Waals surface area contributed by atoms with E-state index in [4.69, 9.17) is 10.5 Å². The van der Waals surface area contributed by atoms with Crippen molar-refractivity contribution < 1.29 is 9.53 Å². The number of esters is 1. The van der Waals surface area contributed by atoms with Crippen molar-refractivity contribution in [3.05, 3.63) is 0 Å². The molecular weight excluding hydrogens is 254 g/mol. The molecule has 2 N–H and O–H groups in total. The number of rotatable bonds is 7. The zero-order valence-electron chi connectivity index (χ0n) is 12.9. The Morgan fingerprint density at radius 2 is 1.95 bits per heavy atom. The van der Waals surface area contributed by atoms with Crippen molar-refractivity contribution in [2.45, 2.75) is 51.1 Å². The molecule has 1 saturated heterocycles. The minimum Gasteiger partial charge on any atom is -0.465 e. The van der Waals surface area contributed by atoms with Crippen LogP contribution >= 0.6 is 0 Å². The van der Waals surface area contributed by atoms with E-state index in [0.717, 1.165) is 32.1 Å². The van der Waals surface area contributed by atoms with Crippen LogP contribution in [0.15, 0.2) is 0 Å². The molecule has 116 valence electrons. The van der Waals surface area contributed by atoms with E-state index in [1.54, 1.807) is 6.92 Å². The molecule has 0 aromatic carbocycles.